The average molecular weight is 260 g/mol. The van der Waals surface area contributed by atoms with Crippen molar-refractivity contribution in [3.63, 3.8) is 0 Å². The maximum Gasteiger partial charge on any atom is 0.143 e. The van der Waals surface area contributed by atoms with E-state index in [2.05, 4.69) is 58.4 Å². The molecule has 0 radical (unpaired) electrons. The molecule has 1 aromatic rings. The molecule has 0 fully saturated rings. The third-order valence-corrected chi connectivity index (χ3v) is 2.53. The van der Waals surface area contributed by atoms with Gasteiger partial charge in [-0.05, 0) is 12.3 Å². The SMILES string of the molecule is CCn1c(CBr)nnc1CC(C)(C)C. The van der Waals surface area contributed by atoms with Gasteiger partial charge in [0, 0.05) is 13.0 Å². The van der Waals surface area contributed by atoms with E-state index in [1.165, 1.54) is 0 Å². The van der Waals surface area contributed by atoms with Crippen molar-refractivity contribution in [3.05, 3.63) is 11.6 Å². The number of hydrogen-bond donors (Lipinski definition) is 0. The van der Waals surface area contributed by atoms with E-state index in [0.29, 0.717) is 0 Å². The molecular weight excluding hydrogens is 242 g/mol. The summed E-state index contributed by atoms with van der Waals surface area (Å²) in [7, 11) is 0. The fourth-order valence-corrected chi connectivity index (χ4v) is 1.86. The smallest absolute Gasteiger partial charge is 0.143 e. The molecule has 0 atom stereocenters. The number of alkyl halides is 1. The summed E-state index contributed by atoms with van der Waals surface area (Å²) in [5.74, 6) is 2.11. The maximum atomic E-state index is 4.23. The van der Waals surface area contributed by atoms with Crippen LogP contribution in [0.4, 0.5) is 0 Å². The molecule has 0 amide bonds. The number of aromatic nitrogens is 3. The molecule has 3 nitrogen and oxygen atoms in total. The van der Waals surface area contributed by atoms with Crippen LogP contribution >= 0.6 is 15.9 Å². The number of halogens is 1. The second-order valence-electron chi connectivity index (χ2n) is 4.65. The first-order chi connectivity index (χ1) is 6.48. The lowest BCUT2D eigenvalue weighted by molar-refractivity contribution is 0.391. The van der Waals surface area contributed by atoms with Crippen LogP contribution in [0.2, 0.25) is 0 Å². The van der Waals surface area contributed by atoms with Crippen LogP contribution in [0.5, 0.6) is 0 Å². The fraction of sp³-hybridized carbons (Fsp3) is 0.800. The zero-order chi connectivity index (χ0) is 10.8. The third-order valence-electron chi connectivity index (χ3n) is 2.03. The summed E-state index contributed by atoms with van der Waals surface area (Å²) < 4.78 is 2.18. The summed E-state index contributed by atoms with van der Waals surface area (Å²) in [5, 5.41) is 9.16. The van der Waals surface area contributed by atoms with Gasteiger partial charge in [-0.25, -0.2) is 0 Å². The summed E-state index contributed by atoms with van der Waals surface area (Å²) in [6, 6.07) is 0. The fourth-order valence-electron chi connectivity index (χ4n) is 1.44. The summed E-state index contributed by atoms with van der Waals surface area (Å²) >= 11 is 3.42. The van der Waals surface area contributed by atoms with Gasteiger partial charge in [-0.2, -0.15) is 0 Å². The monoisotopic (exact) mass is 259 g/mol. The number of rotatable bonds is 3. The lowest BCUT2D eigenvalue weighted by Crippen LogP contribution is -2.14. The van der Waals surface area contributed by atoms with Crippen LogP contribution in [0.1, 0.15) is 39.3 Å². The molecule has 0 N–H and O–H groups in total. The van der Waals surface area contributed by atoms with Gasteiger partial charge < -0.3 is 4.57 Å². The molecule has 0 aliphatic heterocycles. The molecule has 0 spiro atoms. The zero-order valence-corrected chi connectivity index (χ0v) is 10.9. The maximum absolute atomic E-state index is 4.23. The molecule has 0 aliphatic carbocycles. The van der Waals surface area contributed by atoms with E-state index < -0.39 is 0 Å². The van der Waals surface area contributed by atoms with Gasteiger partial charge in [-0.15, -0.1) is 10.2 Å². The summed E-state index contributed by atoms with van der Waals surface area (Å²) in [6.07, 6.45) is 0.973. The van der Waals surface area contributed by atoms with E-state index in [-0.39, 0.29) is 5.41 Å². The van der Waals surface area contributed by atoms with Crippen molar-refractivity contribution < 1.29 is 0 Å². The molecule has 0 bridgehead atoms. The molecule has 1 aromatic heterocycles. The first-order valence-electron chi connectivity index (χ1n) is 4.95. The summed E-state index contributed by atoms with van der Waals surface area (Å²) in [4.78, 5) is 0. The molecular formula is C10H18BrN3. The van der Waals surface area contributed by atoms with Gasteiger partial charge >= 0.3 is 0 Å². The van der Waals surface area contributed by atoms with Gasteiger partial charge in [-0.1, -0.05) is 36.7 Å². The second kappa shape index (κ2) is 4.43. The van der Waals surface area contributed by atoms with Crippen molar-refractivity contribution >= 4 is 15.9 Å². The van der Waals surface area contributed by atoms with Gasteiger partial charge in [0.25, 0.3) is 0 Å². The highest BCUT2D eigenvalue weighted by atomic mass is 79.9. The zero-order valence-electron chi connectivity index (χ0n) is 9.34. The Labute approximate surface area is 94.0 Å². The minimum Gasteiger partial charge on any atom is -0.315 e. The van der Waals surface area contributed by atoms with E-state index in [1.54, 1.807) is 0 Å². The Morgan fingerprint density at radius 3 is 2.21 bits per heavy atom. The first kappa shape index (κ1) is 11.7. The molecule has 0 saturated carbocycles. The Kier molecular flexibility index (Phi) is 3.70. The van der Waals surface area contributed by atoms with E-state index in [0.717, 1.165) is 29.9 Å². The second-order valence-corrected chi connectivity index (χ2v) is 5.21. The molecule has 4 heteroatoms. The van der Waals surface area contributed by atoms with E-state index >= 15 is 0 Å². The van der Waals surface area contributed by atoms with Crippen LogP contribution in [0, 0.1) is 5.41 Å². The van der Waals surface area contributed by atoms with Gasteiger partial charge in [0.1, 0.15) is 11.6 Å². The normalized spacial score (nSPS) is 12.1. The van der Waals surface area contributed by atoms with Crippen LogP contribution in [0.3, 0.4) is 0 Å². The lowest BCUT2D eigenvalue weighted by Gasteiger charge is -2.17. The predicted octanol–water partition coefficient (Wildman–Crippen LogP) is 2.78. The van der Waals surface area contributed by atoms with Gasteiger partial charge in [0.15, 0.2) is 0 Å². The van der Waals surface area contributed by atoms with Crippen LogP contribution in [-0.2, 0) is 18.3 Å². The first-order valence-corrected chi connectivity index (χ1v) is 6.07. The highest BCUT2D eigenvalue weighted by Gasteiger charge is 2.17. The van der Waals surface area contributed by atoms with E-state index in [9.17, 15) is 0 Å². The van der Waals surface area contributed by atoms with Crippen molar-refractivity contribution in [2.24, 2.45) is 5.41 Å². The molecule has 0 aromatic carbocycles. The Morgan fingerprint density at radius 2 is 1.79 bits per heavy atom. The van der Waals surface area contributed by atoms with Gasteiger partial charge in [-0.3, -0.25) is 0 Å². The summed E-state index contributed by atoms with van der Waals surface area (Å²) in [6.45, 7) is 9.72. The van der Waals surface area contributed by atoms with Crippen LogP contribution < -0.4 is 0 Å². The Bertz CT molecular complexity index is 299. The van der Waals surface area contributed by atoms with Gasteiger partial charge in [0.2, 0.25) is 0 Å². The van der Waals surface area contributed by atoms with Crippen molar-refractivity contribution in [2.75, 3.05) is 0 Å². The van der Waals surface area contributed by atoms with Crippen molar-refractivity contribution in [1.82, 2.24) is 14.8 Å². The van der Waals surface area contributed by atoms with Crippen molar-refractivity contribution in [1.29, 1.82) is 0 Å². The third kappa shape index (κ3) is 2.80. The highest BCUT2D eigenvalue weighted by Crippen LogP contribution is 2.20. The van der Waals surface area contributed by atoms with Crippen molar-refractivity contribution in [2.45, 2.75) is 46.0 Å². The Balaban J connectivity index is 2.92. The molecule has 0 unspecified atom stereocenters. The topological polar surface area (TPSA) is 30.7 Å². The van der Waals surface area contributed by atoms with Crippen LogP contribution in [-0.4, -0.2) is 14.8 Å². The van der Waals surface area contributed by atoms with Crippen LogP contribution in [0.25, 0.3) is 0 Å². The molecule has 80 valence electrons. The van der Waals surface area contributed by atoms with E-state index in [1.807, 2.05) is 0 Å². The average Bonchev–Trinajstić information content (AvgIpc) is 2.43. The van der Waals surface area contributed by atoms with E-state index in [4.69, 9.17) is 0 Å². The van der Waals surface area contributed by atoms with Crippen molar-refractivity contribution in [3.8, 4) is 0 Å². The Morgan fingerprint density at radius 1 is 1.21 bits per heavy atom. The number of hydrogen-bond acceptors (Lipinski definition) is 2. The van der Waals surface area contributed by atoms with Gasteiger partial charge in [0.05, 0.1) is 5.33 Å². The predicted molar refractivity (Wildman–Crippen MR) is 61.5 cm³/mol. The minimum atomic E-state index is 0.267. The summed E-state index contributed by atoms with van der Waals surface area (Å²) in [5.41, 5.74) is 0.267. The lowest BCUT2D eigenvalue weighted by atomic mass is 9.92. The standard InChI is InChI=1S/C10H18BrN3/c1-5-14-8(6-10(2,3)4)12-13-9(14)7-11/h5-7H2,1-4H3. The minimum absolute atomic E-state index is 0.267. The van der Waals surface area contributed by atoms with Crippen LogP contribution in [0.15, 0.2) is 0 Å². The quantitative estimate of drug-likeness (QED) is 0.782. The highest BCUT2D eigenvalue weighted by molar-refractivity contribution is 9.08. The largest absolute Gasteiger partial charge is 0.315 e. The molecule has 1 heterocycles. The molecule has 14 heavy (non-hydrogen) atoms. The molecule has 0 saturated heterocycles. The Hall–Kier alpha value is -0.380. The molecule has 0 aliphatic rings. The number of nitrogens with zero attached hydrogens (tertiary/aromatic N) is 3. The molecule has 1 rings (SSSR count).